The van der Waals surface area contributed by atoms with Crippen molar-refractivity contribution < 1.29 is 0 Å². The van der Waals surface area contributed by atoms with E-state index in [2.05, 4.69) is 15.5 Å². The molecule has 0 aliphatic carbocycles. The predicted molar refractivity (Wildman–Crippen MR) is 28.7 cm³/mol. The summed E-state index contributed by atoms with van der Waals surface area (Å²) in [6.45, 7) is 2.42. The summed E-state index contributed by atoms with van der Waals surface area (Å²) in [5.74, 6) is 0. The van der Waals surface area contributed by atoms with Crippen molar-refractivity contribution in [1.29, 1.82) is 0 Å². The number of rotatable bonds is 1. The summed E-state index contributed by atoms with van der Waals surface area (Å²) >= 11 is 0. The maximum atomic E-state index is 7.92. The van der Waals surface area contributed by atoms with Crippen LogP contribution in [0.5, 0.6) is 0 Å². The Morgan fingerprint density at radius 1 is 1.75 bits per heavy atom. The molecule has 0 saturated carbocycles. The predicted octanol–water partition coefficient (Wildman–Crippen LogP) is 0.0744. The molecule has 1 fully saturated rings. The van der Waals surface area contributed by atoms with Gasteiger partial charge in [-0.05, 0) is 5.22 Å². The molecule has 1 heterocycles. The zero-order chi connectivity index (χ0) is 5.82. The first-order chi connectivity index (χ1) is 3.93. The van der Waals surface area contributed by atoms with Gasteiger partial charge in [0.05, 0.1) is 0 Å². The summed E-state index contributed by atoms with van der Waals surface area (Å²) < 4.78 is 0. The molecule has 1 aliphatic rings. The lowest BCUT2D eigenvalue weighted by Crippen LogP contribution is -2.13. The summed E-state index contributed by atoms with van der Waals surface area (Å²) in [6, 6.07) is 0. The SMILES string of the molecule is [N-]=[N+]=NN1CCNC1. The number of hydrogen-bond acceptors (Lipinski definition) is 2. The van der Waals surface area contributed by atoms with E-state index in [0.717, 1.165) is 13.1 Å². The van der Waals surface area contributed by atoms with Crippen molar-refractivity contribution in [3.05, 3.63) is 10.4 Å². The minimum absolute atomic E-state index is 0.685. The number of azide groups is 1. The Morgan fingerprint density at radius 2 is 2.62 bits per heavy atom. The lowest BCUT2D eigenvalue weighted by atomic mass is 10.7. The molecule has 0 aromatic rings. The molecular formula is C3H7N5. The van der Waals surface area contributed by atoms with Gasteiger partial charge in [-0.1, -0.05) is 0 Å². The Labute approximate surface area is 46.9 Å². The Kier molecular flexibility index (Phi) is 1.56. The van der Waals surface area contributed by atoms with Gasteiger partial charge in [-0.2, -0.15) is 4.91 Å². The third-order valence-corrected chi connectivity index (χ3v) is 1.01. The average molecular weight is 113 g/mol. The van der Waals surface area contributed by atoms with Gasteiger partial charge < -0.3 is 0 Å². The maximum Gasteiger partial charge on any atom is 0.141 e. The molecular weight excluding hydrogens is 106 g/mol. The van der Waals surface area contributed by atoms with E-state index in [-0.39, 0.29) is 0 Å². The molecule has 44 valence electrons. The van der Waals surface area contributed by atoms with Crippen molar-refractivity contribution in [2.45, 2.75) is 0 Å². The zero-order valence-electron chi connectivity index (χ0n) is 4.41. The normalized spacial score (nSPS) is 18.2. The Bertz CT molecular complexity index is 109. The molecule has 0 atom stereocenters. The first kappa shape index (κ1) is 5.21. The molecule has 0 amide bonds. The van der Waals surface area contributed by atoms with E-state index in [1.165, 1.54) is 0 Å². The fraction of sp³-hybridized carbons (Fsp3) is 1.00. The summed E-state index contributed by atoms with van der Waals surface area (Å²) in [4.78, 5) is 2.63. The Morgan fingerprint density at radius 3 is 3.12 bits per heavy atom. The fourth-order valence-corrected chi connectivity index (χ4v) is 0.628. The molecule has 0 bridgehead atoms. The highest BCUT2D eigenvalue weighted by molar-refractivity contribution is 4.60. The molecule has 0 unspecified atom stereocenters. The van der Waals surface area contributed by atoms with Crippen molar-refractivity contribution in [3.8, 4) is 0 Å². The van der Waals surface area contributed by atoms with Crippen molar-refractivity contribution in [2.24, 2.45) is 5.22 Å². The van der Waals surface area contributed by atoms with Gasteiger partial charge >= 0.3 is 0 Å². The largest absolute Gasteiger partial charge is 0.277 e. The molecule has 1 rings (SSSR count). The van der Waals surface area contributed by atoms with Crippen LogP contribution in [0, 0.1) is 0 Å². The first-order valence-electron chi connectivity index (χ1n) is 2.44. The van der Waals surface area contributed by atoms with Crippen LogP contribution < -0.4 is 5.32 Å². The van der Waals surface area contributed by atoms with Gasteiger partial charge in [0.25, 0.3) is 0 Å². The monoisotopic (exact) mass is 113 g/mol. The van der Waals surface area contributed by atoms with E-state index >= 15 is 0 Å². The number of nitrogens with zero attached hydrogens (tertiary/aromatic N) is 4. The van der Waals surface area contributed by atoms with E-state index in [1.54, 1.807) is 5.01 Å². The minimum Gasteiger partial charge on any atom is -0.277 e. The minimum atomic E-state index is 0.685. The molecule has 0 spiro atoms. The standard InChI is InChI=1S/C3H7N5/c4-6-7-8-2-1-5-3-8/h5H,1-3H2. The molecule has 1 saturated heterocycles. The van der Waals surface area contributed by atoms with Crippen LogP contribution in [0.2, 0.25) is 0 Å². The van der Waals surface area contributed by atoms with Gasteiger partial charge in [0.2, 0.25) is 0 Å². The first-order valence-corrected chi connectivity index (χ1v) is 2.44. The number of nitrogens with one attached hydrogen (secondary N) is 1. The lowest BCUT2D eigenvalue weighted by molar-refractivity contribution is 0.349. The number of hydrogen-bond donors (Lipinski definition) is 1. The highest BCUT2D eigenvalue weighted by Gasteiger charge is 2.09. The summed E-state index contributed by atoms with van der Waals surface area (Å²) in [5.41, 5.74) is 7.92. The third-order valence-electron chi connectivity index (χ3n) is 1.01. The second-order valence-electron chi connectivity index (χ2n) is 1.57. The lowest BCUT2D eigenvalue weighted by Gasteiger charge is -1.98. The van der Waals surface area contributed by atoms with E-state index in [4.69, 9.17) is 5.53 Å². The van der Waals surface area contributed by atoms with Gasteiger partial charge in [0.1, 0.15) is 13.2 Å². The zero-order valence-corrected chi connectivity index (χ0v) is 4.41. The third kappa shape index (κ3) is 1.02. The van der Waals surface area contributed by atoms with Crippen LogP contribution in [0.15, 0.2) is 5.22 Å². The second kappa shape index (κ2) is 2.40. The molecule has 5 heteroatoms. The van der Waals surface area contributed by atoms with E-state index in [9.17, 15) is 0 Å². The van der Waals surface area contributed by atoms with Crippen LogP contribution in [-0.2, 0) is 0 Å². The summed E-state index contributed by atoms with van der Waals surface area (Å²) in [7, 11) is 0. The van der Waals surface area contributed by atoms with Crippen molar-refractivity contribution in [1.82, 2.24) is 10.3 Å². The van der Waals surface area contributed by atoms with Crippen molar-refractivity contribution in [3.63, 3.8) is 0 Å². The van der Waals surface area contributed by atoms with Crippen molar-refractivity contribution in [2.75, 3.05) is 19.8 Å². The Balaban J connectivity index is 2.35. The Hall–Kier alpha value is -0.930. The molecule has 1 N–H and O–H groups in total. The van der Waals surface area contributed by atoms with E-state index in [0.29, 0.717) is 6.67 Å². The van der Waals surface area contributed by atoms with Gasteiger partial charge in [0.15, 0.2) is 0 Å². The van der Waals surface area contributed by atoms with Crippen LogP contribution in [-0.4, -0.2) is 24.8 Å². The van der Waals surface area contributed by atoms with Gasteiger partial charge in [-0.15, -0.1) is 5.53 Å². The van der Waals surface area contributed by atoms with Crippen molar-refractivity contribution >= 4 is 0 Å². The summed E-state index contributed by atoms with van der Waals surface area (Å²) in [5, 5.41) is 8.03. The van der Waals surface area contributed by atoms with Crippen LogP contribution >= 0.6 is 0 Å². The smallest absolute Gasteiger partial charge is 0.141 e. The van der Waals surface area contributed by atoms with E-state index < -0.39 is 0 Å². The highest BCUT2D eigenvalue weighted by Crippen LogP contribution is 1.91. The van der Waals surface area contributed by atoms with Crippen LogP contribution in [0.4, 0.5) is 0 Å². The molecule has 5 nitrogen and oxygen atoms in total. The highest BCUT2D eigenvalue weighted by atomic mass is 15.6. The molecule has 0 aromatic heterocycles. The molecule has 8 heavy (non-hydrogen) atoms. The van der Waals surface area contributed by atoms with Gasteiger partial charge in [-0.25, -0.2) is 5.01 Å². The van der Waals surface area contributed by atoms with Gasteiger partial charge in [-0.3, -0.25) is 5.32 Å². The molecule has 0 radical (unpaired) electrons. The van der Waals surface area contributed by atoms with Crippen LogP contribution in [0.1, 0.15) is 0 Å². The fourth-order valence-electron chi connectivity index (χ4n) is 0.628. The van der Waals surface area contributed by atoms with Gasteiger partial charge in [0, 0.05) is 6.54 Å². The summed E-state index contributed by atoms with van der Waals surface area (Å²) in [6.07, 6.45) is 0. The maximum absolute atomic E-state index is 7.92. The van der Waals surface area contributed by atoms with Crippen LogP contribution in [0.25, 0.3) is 10.4 Å². The van der Waals surface area contributed by atoms with Crippen LogP contribution in [0.3, 0.4) is 0 Å². The second-order valence-corrected chi connectivity index (χ2v) is 1.57. The van der Waals surface area contributed by atoms with E-state index in [1.807, 2.05) is 0 Å². The quantitative estimate of drug-likeness (QED) is 0.297. The molecule has 1 aliphatic heterocycles. The molecule has 0 aromatic carbocycles. The topological polar surface area (TPSA) is 64.0 Å². The average Bonchev–Trinajstić information content (AvgIpc) is 2.19.